The van der Waals surface area contributed by atoms with E-state index in [4.69, 9.17) is 4.74 Å². The van der Waals surface area contributed by atoms with Crippen molar-refractivity contribution >= 4 is 23.2 Å². The molecule has 0 spiro atoms. The van der Waals surface area contributed by atoms with E-state index in [0.29, 0.717) is 31.1 Å². The molecule has 1 aromatic carbocycles. The molecular formula is C30H37NO4. The molecule has 5 heteroatoms. The molecule has 2 fully saturated rings. The van der Waals surface area contributed by atoms with E-state index >= 15 is 0 Å². The molecule has 0 aromatic heterocycles. The molecule has 1 aromatic rings. The molecule has 1 N–H and O–H groups in total. The third-order valence-electron chi connectivity index (χ3n) is 9.37. The van der Waals surface area contributed by atoms with E-state index in [-0.39, 0.29) is 28.9 Å². The van der Waals surface area contributed by atoms with Crippen LogP contribution in [-0.4, -0.2) is 30.2 Å². The zero-order valence-electron chi connectivity index (χ0n) is 21.4. The summed E-state index contributed by atoms with van der Waals surface area (Å²) in [5.41, 5.74) is 5.46. The van der Waals surface area contributed by atoms with Gasteiger partial charge in [0.25, 0.3) is 0 Å². The molecule has 0 saturated heterocycles. The van der Waals surface area contributed by atoms with Gasteiger partial charge in [-0.2, -0.15) is 0 Å². The van der Waals surface area contributed by atoms with E-state index in [1.54, 1.807) is 6.92 Å². The van der Waals surface area contributed by atoms with Crippen molar-refractivity contribution < 1.29 is 19.1 Å². The highest BCUT2D eigenvalue weighted by Gasteiger charge is 2.58. The molecule has 3 unspecified atom stereocenters. The Kier molecular flexibility index (Phi) is 6.01. The first-order chi connectivity index (χ1) is 16.7. The molecule has 5 nitrogen and oxygen atoms in total. The highest BCUT2D eigenvalue weighted by molar-refractivity contribution is 5.93. The van der Waals surface area contributed by atoms with Crippen LogP contribution in [0.5, 0.6) is 0 Å². The Morgan fingerprint density at radius 1 is 1.06 bits per heavy atom. The third kappa shape index (κ3) is 4.07. The number of ether oxygens (including phenoxy) is 1. The van der Waals surface area contributed by atoms with Gasteiger partial charge in [-0.05, 0) is 97.6 Å². The lowest BCUT2D eigenvalue weighted by Crippen LogP contribution is -2.55. The number of hydrogen-bond donors (Lipinski definition) is 1. The van der Waals surface area contributed by atoms with Crippen LogP contribution in [0.15, 0.2) is 47.1 Å². The molecule has 0 aliphatic heterocycles. The van der Waals surface area contributed by atoms with Crippen LogP contribution in [0, 0.1) is 17.3 Å². The molecule has 186 valence electrons. The van der Waals surface area contributed by atoms with Crippen molar-refractivity contribution in [1.82, 2.24) is 0 Å². The predicted molar refractivity (Wildman–Crippen MR) is 136 cm³/mol. The second-order valence-electron chi connectivity index (χ2n) is 11.5. The van der Waals surface area contributed by atoms with Crippen LogP contribution >= 0.6 is 0 Å². The number of Topliss-reactive ketones (excluding diaryl/α,β-unsaturated/α-hetero) is 1. The third-order valence-corrected chi connectivity index (χ3v) is 9.37. The van der Waals surface area contributed by atoms with Crippen LogP contribution in [0.3, 0.4) is 0 Å². The molecule has 0 heterocycles. The number of carbonyl (C=O) groups is 3. The van der Waals surface area contributed by atoms with Crippen LogP contribution in [0.25, 0.3) is 0 Å². The zero-order valence-corrected chi connectivity index (χ0v) is 21.4. The minimum atomic E-state index is -1.01. The first-order valence-electron chi connectivity index (χ1n) is 13.1. The number of fused-ring (bicyclic) bond motifs is 4. The number of rotatable bonds is 4. The van der Waals surface area contributed by atoms with Crippen LogP contribution in [0.4, 0.5) is 5.69 Å². The minimum absolute atomic E-state index is 0.0360. The van der Waals surface area contributed by atoms with Crippen molar-refractivity contribution in [2.75, 3.05) is 12.4 Å². The van der Waals surface area contributed by atoms with Gasteiger partial charge in [0, 0.05) is 38.4 Å². The molecule has 0 radical (unpaired) electrons. The summed E-state index contributed by atoms with van der Waals surface area (Å²) in [6.07, 6.45) is 8.34. The Hall–Kier alpha value is -2.69. The van der Waals surface area contributed by atoms with Crippen molar-refractivity contribution in [2.45, 2.75) is 83.7 Å². The lowest BCUT2D eigenvalue weighted by molar-refractivity contribution is -0.179. The van der Waals surface area contributed by atoms with Crippen molar-refractivity contribution in [3.63, 3.8) is 0 Å². The second-order valence-corrected chi connectivity index (χ2v) is 11.5. The van der Waals surface area contributed by atoms with Gasteiger partial charge in [-0.1, -0.05) is 24.6 Å². The van der Waals surface area contributed by atoms with Crippen molar-refractivity contribution in [3.05, 3.63) is 52.6 Å². The molecule has 5 rings (SSSR count). The molecule has 5 atom stereocenters. The van der Waals surface area contributed by atoms with E-state index in [1.165, 1.54) is 29.2 Å². The van der Waals surface area contributed by atoms with Gasteiger partial charge in [0.2, 0.25) is 0 Å². The Morgan fingerprint density at radius 3 is 2.46 bits per heavy atom. The maximum atomic E-state index is 12.9. The summed E-state index contributed by atoms with van der Waals surface area (Å²) in [6, 6.07) is 8.72. The van der Waals surface area contributed by atoms with Crippen LogP contribution in [0.2, 0.25) is 0 Å². The van der Waals surface area contributed by atoms with E-state index < -0.39 is 5.60 Å². The van der Waals surface area contributed by atoms with Gasteiger partial charge in [0.05, 0.1) is 0 Å². The van der Waals surface area contributed by atoms with Crippen LogP contribution < -0.4 is 5.32 Å². The summed E-state index contributed by atoms with van der Waals surface area (Å²) < 4.78 is 5.80. The van der Waals surface area contributed by atoms with Gasteiger partial charge in [-0.25, -0.2) is 0 Å². The summed E-state index contributed by atoms with van der Waals surface area (Å²) in [5.74, 6) is 0.957. The summed E-state index contributed by atoms with van der Waals surface area (Å²) in [7, 11) is 1.93. The van der Waals surface area contributed by atoms with Gasteiger partial charge in [-0.15, -0.1) is 0 Å². The fourth-order valence-corrected chi connectivity index (χ4v) is 7.90. The quantitative estimate of drug-likeness (QED) is 0.548. The smallest absolute Gasteiger partial charge is 0.303 e. The fourth-order valence-electron chi connectivity index (χ4n) is 7.90. The minimum Gasteiger partial charge on any atom is -0.451 e. The number of anilines is 1. The summed E-state index contributed by atoms with van der Waals surface area (Å²) in [4.78, 5) is 37.1. The summed E-state index contributed by atoms with van der Waals surface area (Å²) in [5, 5.41) is 3.21. The molecular weight excluding hydrogens is 438 g/mol. The number of benzene rings is 1. The van der Waals surface area contributed by atoms with Crippen molar-refractivity contribution in [1.29, 1.82) is 0 Å². The molecule has 2 saturated carbocycles. The lowest BCUT2D eigenvalue weighted by Gasteiger charge is -2.58. The Morgan fingerprint density at radius 2 is 1.80 bits per heavy atom. The second kappa shape index (κ2) is 8.76. The zero-order chi connectivity index (χ0) is 25.0. The number of ketones is 2. The molecule has 4 aliphatic carbocycles. The average Bonchev–Trinajstić information content (AvgIpc) is 2.82. The van der Waals surface area contributed by atoms with E-state index in [0.717, 1.165) is 37.8 Å². The number of esters is 1. The normalized spacial score (nSPS) is 34.2. The highest BCUT2D eigenvalue weighted by Crippen LogP contribution is 2.64. The van der Waals surface area contributed by atoms with Crippen molar-refractivity contribution in [3.8, 4) is 0 Å². The summed E-state index contributed by atoms with van der Waals surface area (Å²) >= 11 is 0. The standard InChI is InChI=1S/C30H37NO4/c1-18(32)30(35-19(2)33)14-13-27-25-11-7-21-15-23(34)10-12-24(21)28(25)26(16-29(27,3)17-30)20-5-8-22(31-4)9-6-20/h5-6,8-9,15,25-27,31H,7,10-14,16-17H2,1-4H3/t25?,26?,27?,29-,30+/m1/s1. The topological polar surface area (TPSA) is 72.5 Å². The van der Waals surface area contributed by atoms with Gasteiger partial charge in [-0.3, -0.25) is 14.4 Å². The number of hydrogen-bond acceptors (Lipinski definition) is 5. The first-order valence-corrected chi connectivity index (χ1v) is 13.1. The molecule has 35 heavy (non-hydrogen) atoms. The Bertz CT molecular complexity index is 1130. The maximum Gasteiger partial charge on any atom is 0.303 e. The number of carbonyl (C=O) groups excluding carboxylic acids is 3. The van der Waals surface area contributed by atoms with E-state index in [1.807, 2.05) is 13.1 Å². The molecule has 4 aliphatic rings. The highest BCUT2D eigenvalue weighted by atomic mass is 16.6. The summed E-state index contributed by atoms with van der Waals surface area (Å²) in [6.45, 7) is 5.31. The Balaban J connectivity index is 1.62. The van der Waals surface area contributed by atoms with Gasteiger partial charge >= 0.3 is 5.97 Å². The van der Waals surface area contributed by atoms with Crippen molar-refractivity contribution in [2.24, 2.45) is 17.3 Å². The van der Waals surface area contributed by atoms with Crippen LogP contribution in [0.1, 0.15) is 83.6 Å². The average molecular weight is 476 g/mol. The lowest BCUT2D eigenvalue weighted by atomic mass is 9.47. The van der Waals surface area contributed by atoms with Gasteiger partial charge in [0.1, 0.15) is 0 Å². The fraction of sp³-hybridized carbons (Fsp3) is 0.567. The molecule has 0 amide bonds. The maximum absolute atomic E-state index is 12.9. The van der Waals surface area contributed by atoms with E-state index in [9.17, 15) is 14.4 Å². The predicted octanol–water partition coefficient (Wildman–Crippen LogP) is 5.91. The SMILES string of the molecule is CNc1ccc(C2C[C@]3(C)C[C@](OC(C)=O)(C(C)=O)CCC3C3CCC4=CC(=O)CCC4=C23)cc1. The number of nitrogens with one attached hydrogen (secondary N) is 1. The van der Waals surface area contributed by atoms with Crippen LogP contribution in [-0.2, 0) is 19.1 Å². The van der Waals surface area contributed by atoms with Gasteiger partial charge in [0.15, 0.2) is 17.2 Å². The Labute approximate surface area is 208 Å². The molecule has 0 bridgehead atoms. The first kappa shape index (κ1) is 24.0. The largest absolute Gasteiger partial charge is 0.451 e. The monoisotopic (exact) mass is 475 g/mol. The number of allylic oxidation sites excluding steroid dienone is 4. The van der Waals surface area contributed by atoms with E-state index in [2.05, 4.69) is 36.5 Å². The van der Waals surface area contributed by atoms with Gasteiger partial charge < -0.3 is 10.1 Å².